The maximum absolute atomic E-state index is 12.9. The van der Waals surface area contributed by atoms with Gasteiger partial charge in [-0.1, -0.05) is 62.2 Å². The third kappa shape index (κ3) is 2.93. The molecule has 3 amide bonds. The molecular formula is C17H14Br2N2O2. The Balaban J connectivity index is 1.92. The Hall–Kier alpha value is -1.66. The Morgan fingerprint density at radius 2 is 1.83 bits per heavy atom. The van der Waals surface area contributed by atoms with Crippen molar-refractivity contribution in [3.8, 4) is 0 Å². The Morgan fingerprint density at radius 3 is 2.52 bits per heavy atom. The van der Waals surface area contributed by atoms with E-state index >= 15 is 0 Å². The van der Waals surface area contributed by atoms with Crippen molar-refractivity contribution in [1.82, 2.24) is 10.2 Å². The van der Waals surface area contributed by atoms with Gasteiger partial charge >= 0.3 is 6.03 Å². The van der Waals surface area contributed by atoms with Gasteiger partial charge in [0.15, 0.2) is 0 Å². The summed E-state index contributed by atoms with van der Waals surface area (Å²) in [4.78, 5) is 26.5. The molecule has 0 radical (unpaired) electrons. The van der Waals surface area contributed by atoms with E-state index in [-0.39, 0.29) is 18.5 Å². The van der Waals surface area contributed by atoms with Crippen molar-refractivity contribution in [2.75, 3.05) is 0 Å². The van der Waals surface area contributed by atoms with Crippen LogP contribution >= 0.6 is 31.9 Å². The van der Waals surface area contributed by atoms with Gasteiger partial charge in [-0.2, -0.15) is 0 Å². The Morgan fingerprint density at radius 1 is 1.09 bits per heavy atom. The maximum atomic E-state index is 12.9. The van der Waals surface area contributed by atoms with Crippen LogP contribution in [0.25, 0.3) is 0 Å². The van der Waals surface area contributed by atoms with Crippen molar-refractivity contribution in [3.05, 3.63) is 68.6 Å². The lowest BCUT2D eigenvalue weighted by Gasteiger charge is -2.22. The highest BCUT2D eigenvalue weighted by molar-refractivity contribution is 9.10. The van der Waals surface area contributed by atoms with Gasteiger partial charge < -0.3 is 5.32 Å². The van der Waals surface area contributed by atoms with Gasteiger partial charge in [0.05, 0.1) is 6.54 Å². The van der Waals surface area contributed by atoms with Crippen LogP contribution in [0.3, 0.4) is 0 Å². The molecule has 1 N–H and O–H groups in total. The monoisotopic (exact) mass is 436 g/mol. The van der Waals surface area contributed by atoms with E-state index in [4.69, 9.17) is 0 Å². The second kappa shape index (κ2) is 6.09. The van der Waals surface area contributed by atoms with Crippen LogP contribution in [0.5, 0.6) is 0 Å². The molecule has 3 rings (SSSR count). The van der Waals surface area contributed by atoms with Crippen LogP contribution in [-0.4, -0.2) is 16.8 Å². The van der Waals surface area contributed by atoms with Crippen LogP contribution in [0.1, 0.15) is 18.1 Å². The van der Waals surface area contributed by atoms with Crippen LogP contribution in [0.15, 0.2) is 57.5 Å². The summed E-state index contributed by atoms with van der Waals surface area (Å²) < 4.78 is 1.74. The predicted octanol–water partition coefficient (Wildman–Crippen LogP) is 4.18. The number of nitrogens with zero attached hydrogens (tertiary/aromatic N) is 1. The van der Waals surface area contributed by atoms with Crippen LogP contribution in [0.2, 0.25) is 0 Å². The van der Waals surface area contributed by atoms with Crippen molar-refractivity contribution < 1.29 is 9.59 Å². The van der Waals surface area contributed by atoms with Crippen molar-refractivity contribution in [1.29, 1.82) is 0 Å². The quantitative estimate of drug-likeness (QED) is 0.732. The molecule has 0 aliphatic carbocycles. The highest BCUT2D eigenvalue weighted by atomic mass is 79.9. The number of imide groups is 1. The second-order valence-corrected chi connectivity index (χ2v) is 7.32. The van der Waals surface area contributed by atoms with Crippen molar-refractivity contribution in [2.45, 2.75) is 19.0 Å². The summed E-state index contributed by atoms with van der Waals surface area (Å²) in [5.41, 5.74) is 0.580. The van der Waals surface area contributed by atoms with E-state index in [1.807, 2.05) is 48.5 Å². The number of urea groups is 1. The van der Waals surface area contributed by atoms with Crippen LogP contribution in [0.4, 0.5) is 4.79 Å². The van der Waals surface area contributed by atoms with E-state index < -0.39 is 5.54 Å². The van der Waals surface area contributed by atoms with Crippen molar-refractivity contribution in [2.24, 2.45) is 0 Å². The van der Waals surface area contributed by atoms with Crippen molar-refractivity contribution >= 4 is 43.8 Å². The van der Waals surface area contributed by atoms with E-state index in [1.165, 1.54) is 4.90 Å². The van der Waals surface area contributed by atoms with Gasteiger partial charge in [0.25, 0.3) is 5.91 Å². The van der Waals surface area contributed by atoms with Crippen LogP contribution in [0, 0.1) is 0 Å². The number of amides is 3. The molecule has 0 aromatic heterocycles. The van der Waals surface area contributed by atoms with Crippen molar-refractivity contribution in [3.63, 3.8) is 0 Å². The first kappa shape index (κ1) is 16.2. The minimum atomic E-state index is -1.05. The predicted molar refractivity (Wildman–Crippen MR) is 94.7 cm³/mol. The number of nitrogens with one attached hydrogen (secondary N) is 1. The van der Waals surface area contributed by atoms with E-state index in [9.17, 15) is 9.59 Å². The molecular weight excluding hydrogens is 424 g/mol. The number of halogens is 2. The summed E-state index contributed by atoms with van der Waals surface area (Å²) in [6.45, 7) is 1.96. The molecule has 1 unspecified atom stereocenters. The van der Waals surface area contributed by atoms with E-state index in [2.05, 4.69) is 37.2 Å². The van der Waals surface area contributed by atoms with Gasteiger partial charge in [0.1, 0.15) is 5.54 Å². The Labute approximate surface area is 151 Å². The Bertz CT molecular complexity index is 794. The molecule has 4 nitrogen and oxygen atoms in total. The average Bonchev–Trinajstić information content (AvgIpc) is 2.74. The molecule has 1 fully saturated rings. The van der Waals surface area contributed by atoms with E-state index in [0.29, 0.717) is 0 Å². The lowest BCUT2D eigenvalue weighted by atomic mass is 9.92. The van der Waals surface area contributed by atoms with Gasteiger partial charge in [-0.05, 0) is 36.2 Å². The van der Waals surface area contributed by atoms with Gasteiger partial charge in [-0.15, -0.1) is 0 Å². The zero-order valence-electron chi connectivity index (χ0n) is 12.3. The summed E-state index contributed by atoms with van der Waals surface area (Å²) >= 11 is 6.85. The fraction of sp³-hybridized carbons (Fsp3) is 0.176. The second-order valence-electron chi connectivity index (χ2n) is 5.55. The van der Waals surface area contributed by atoms with Crippen LogP contribution in [-0.2, 0) is 16.9 Å². The number of hydrogen-bond acceptors (Lipinski definition) is 2. The third-order valence-corrected chi connectivity index (χ3v) is 5.23. The lowest BCUT2D eigenvalue weighted by molar-refractivity contribution is -0.131. The molecule has 1 aliphatic heterocycles. The first-order valence-electron chi connectivity index (χ1n) is 7.05. The zero-order valence-corrected chi connectivity index (χ0v) is 15.5. The number of carbonyl (C=O) groups is 2. The molecule has 1 atom stereocenters. The topological polar surface area (TPSA) is 49.4 Å². The molecule has 23 heavy (non-hydrogen) atoms. The highest BCUT2D eigenvalue weighted by Gasteiger charge is 2.49. The summed E-state index contributed by atoms with van der Waals surface area (Å²) in [7, 11) is 0. The first-order chi connectivity index (χ1) is 10.9. The smallest absolute Gasteiger partial charge is 0.319 e. The molecule has 118 valence electrons. The normalized spacial score (nSPS) is 20.7. The first-order valence-corrected chi connectivity index (χ1v) is 8.64. The molecule has 0 spiro atoms. The molecule has 1 aliphatic rings. The molecule has 2 aromatic rings. The molecule has 2 aromatic carbocycles. The molecule has 0 bridgehead atoms. The summed E-state index contributed by atoms with van der Waals surface area (Å²) in [5, 5.41) is 2.81. The fourth-order valence-electron chi connectivity index (χ4n) is 2.63. The number of hydrogen-bond donors (Lipinski definition) is 1. The number of rotatable bonds is 3. The SMILES string of the molecule is CC1(c2cccc(Br)c2)NC(=O)N(Cc2ccccc2Br)C1=O. The third-order valence-electron chi connectivity index (χ3n) is 3.96. The molecule has 0 saturated carbocycles. The van der Waals surface area contributed by atoms with Gasteiger partial charge in [-0.25, -0.2) is 4.79 Å². The largest absolute Gasteiger partial charge is 0.325 e. The number of benzene rings is 2. The summed E-state index contributed by atoms with van der Waals surface area (Å²) in [6.07, 6.45) is 0. The fourth-order valence-corrected chi connectivity index (χ4v) is 3.44. The zero-order chi connectivity index (χ0) is 16.6. The standard InChI is InChI=1S/C17H14Br2N2O2/c1-17(12-6-4-7-13(18)9-12)15(22)21(16(23)20-17)10-11-5-2-3-8-14(11)19/h2-9H,10H2,1H3,(H,20,23). The molecule has 1 heterocycles. The maximum Gasteiger partial charge on any atom is 0.325 e. The summed E-state index contributed by atoms with van der Waals surface area (Å²) in [6, 6.07) is 14.6. The van der Waals surface area contributed by atoms with Gasteiger partial charge in [0.2, 0.25) is 0 Å². The van der Waals surface area contributed by atoms with Gasteiger partial charge in [-0.3, -0.25) is 9.69 Å². The summed E-state index contributed by atoms with van der Waals surface area (Å²) in [5.74, 6) is -0.253. The minimum absolute atomic E-state index is 0.232. The molecule has 1 saturated heterocycles. The average molecular weight is 438 g/mol. The van der Waals surface area contributed by atoms with E-state index in [1.54, 1.807) is 6.92 Å². The molecule has 6 heteroatoms. The number of carbonyl (C=O) groups excluding carboxylic acids is 2. The van der Waals surface area contributed by atoms with Crippen LogP contribution < -0.4 is 5.32 Å². The lowest BCUT2D eigenvalue weighted by Crippen LogP contribution is -2.40. The minimum Gasteiger partial charge on any atom is -0.319 e. The van der Waals surface area contributed by atoms with E-state index in [0.717, 1.165) is 20.1 Å². The highest BCUT2D eigenvalue weighted by Crippen LogP contribution is 2.31. The Kier molecular flexibility index (Phi) is 4.29. The van der Waals surface area contributed by atoms with Gasteiger partial charge in [0, 0.05) is 8.95 Å².